The molecule has 262 valence electrons. The number of aryl methyl sites for hydroxylation is 2. The van der Waals surface area contributed by atoms with Crippen LogP contribution in [0.1, 0.15) is 55.2 Å². The smallest absolute Gasteiger partial charge is 0.334 e. The fourth-order valence-electron chi connectivity index (χ4n) is 4.36. The summed E-state index contributed by atoms with van der Waals surface area (Å²) in [5.41, 5.74) is 11.5. The average molecular weight is 679 g/mol. The van der Waals surface area contributed by atoms with Gasteiger partial charge in [-0.3, -0.25) is 14.4 Å². The van der Waals surface area contributed by atoms with Gasteiger partial charge in [0.15, 0.2) is 0 Å². The number of methoxy groups -OCH3 is 1. The molecule has 0 aliphatic heterocycles. The Balaban J connectivity index is 0.0000110. The van der Waals surface area contributed by atoms with E-state index in [4.69, 9.17) is 24.8 Å². The van der Waals surface area contributed by atoms with Crippen LogP contribution in [0.4, 0.5) is 0 Å². The van der Waals surface area contributed by atoms with Crippen LogP contribution in [0, 0.1) is 0 Å². The number of carbonyl (C=O) groups is 4. The zero-order chi connectivity index (χ0) is 33.2. The van der Waals surface area contributed by atoms with E-state index >= 15 is 0 Å². The Morgan fingerprint density at radius 2 is 1.36 bits per heavy atom. The Kier molecular flexibility index (Phi) is 23.4. The Hall–Kier alpha value is -3.55. The molecule has 13 heteroatoms. The first-order valence-electron chi connectivity index (χ1n) is 15.9. The van der Waals surface area contributed by atoms with Gasteiger partial charge in [0.1, 0.15) is 6.61 Å². The van der Waals surface area contributed by atoms with Crippen LogP contribution >= 0.6 is 12.4 Å². The van der Waals surface area contributed by atoms with Crippen LogP contribution < -0.4 is 21.8 Å². The van der Waals surface area contributed by atoms with Gasteiger partial charge in [-0.2, -0.15) is 5.48 Å². The molecule has 0 aromatic heterocycles. The first kappa shape index (κ1) is 41.5. The highest BCUT2D eigenvalue weighted by atomic mass is 35.5. The molecule has 0 radical (unpaired) electrons. The van der Waals surface area contributed by atoms with Gasteiger partial charge in [-0.05, 0) is 61.6 Å². The van der Waals surface area contributed by atoms with Crippen LogP contribution in [-0.4, -0.2) is 83.0 Å². The van der Waals surface area contributed by atoms with Crippen LogP contribution in [0.2, 0.25) is 0 Å². The average Bonchev–Trinajstić information content (AvgIpc) is 3.06. The number of nitrogens with two attached hydrogens (primary N) is 1. The molecule has 47 heavy (non-hydrogen) atoms. The summed E-state index contributed by atoms with van der Waals surface area (Å²) < 4.78 is 15.3. The number of ether oxygens (including phenoxy) is 3. The van der Waals surface area contributed by atoms with Crippen molar-refractivity contribution in [1.82, 2.24) is 16.1 Å². The predicted octanol–water partition coefficient (Wildman–Crippen LogP) is 2.59. The Labute approximate surface area is 284 Å². The lowest BCUT2D eigenvalue weighted by atomic mass is 10.0. The molecule has 1 atom stereocenters. The van der Waals surface area contributed by atoms with Crippen molar-refractivity contribution in [1.29, 1.82) is 0 Å². The third-order valence-electron chi connectivity index (χ3n) is 6.96. The summed E-state index contributed by atoms with van der Waals surface area (Å²) in [4.78, 5) is 52.9. The Morgan fingerprint density at radius 3 is 2.06 bits per heavy atom. The zero-order valence-corrected chi connectivity index (χ0v) is 28.2. The van der Waals surface area contributed by atoms with Crippen molar-refractivity contribution in [2.75, 3.05) is 53.2 Å². The maximum absolute atomic E-state index is 12.2. The van der Waals surface area contributed by atoms with Gasteiger partial charge < -0.3 is 35.4 Å². The van der Waals surface area contributed by atoms with Gasteiger partial charge in [-0.25, -0.2) is 4.79 Å². The van der Waals surface area contributed by atoms with Gasteiger partial charge in [0.25, 0.3) is 5.91 Å². The van der Waals surface area contributed by atoms with E-state index in [1.807, 2.05) is 30.3 Å². The number of halogens is 1. The second-order valence-electron chi connectivity index (χ2n) is 10.8. The quantitative estimate of drug-likeness (QED) is 0.0964. The van der Waals surface area contributed by atoms with Gasteiger partial charge in [-0.1, -0.05) is 54.6 Å². The van der Waals surface area contributed by atoms with Crippen molar-refractivity contribution in [3.63, 3.8) is 0 Å². The molecule has 2 rings (SSSR count). The highest BCUT2D eigenvalue weighted by molar-refractivity contribution is 5.85. The molecule has 0 bridgehead atoms. The first-order chi connectivity index (χ1) is 22.4. The van der Waals surface area contributed by atoms with Gasteiger partial charge in [0, 0.05) is 20.2 Å². The molecule has 5 N–H and O–H groups in total. The number of hydrogen-bond acceptors (Lipinski definition) is 9. The third-order valence-corrected chi connectivity index (χ3v) is 6.96. The molecule has 3 amide bonds. The molecule has 0 aliphatic rings. The van der Waals surface area contributed by atoms with Crippen molar-refractivity contribution < 1.29 is 38.2 Å². The fraction of sp³-hybridized carbons (Fsp3) is 0.529. The second kappa shape index (κ2) is 26.5. The Morgan fingerprint density at radius 1 is 0.723 bits per heavy atom. The van der Waals surface area contributed by atoms with Crippen molar-refractivity contribution in [3.05, 3.63) is 71.3 Å². The summed E-state index contributed by atoms with van der Waals surface area (Å²) in [6, 6.07) is 17.5. The lowest BCUT2D eigenvalue weighted by Gasteiger charge is -2.12. The minimum atomic E-state index is -0.742. The van der Waals surface area contributed by atoms with Crippen LogP contribution in [0.3, 0.4) is 0 Å². The summed E-state index contributed by atoms with van der Waals surface area (Å²) in [5.74, 6) is -1.73. The van der Waals surface area contributed by atoms with Crippen LogP contribution in [0.25, 0.3) is 0 Å². The van der Waals surface area contributed by atoms with E-state index in [-0.39, 0.29) is 50.2 Å². The van der Waals surface area contributed by atoms with Gasteiger partial charge in [0.05, 0.1) is 45.3 Å². The third kappa shape index (κ3) is 21.0. The Bertz CT molecular complexity index is 1150. The fourth-order valence-corrected chi connectivity index (χ4v) is 4.36. The minimum Gasteiger partial charge on any atom is -0.382 e. The summed E-state index contributed by atoms with van der Waals surface area (Å²) >= 11 is 0. The summed E-state index contributed by atoms with van der Waals surface area (Å²) in [6.07, 6.45) is 5.90. The SMILES string of the molecule is COCCOCCOCC(=O)NCCCC[C@H](N)C(=O)NCCC(=O)ONC(=O)Cc1ccc(CCCCc2ccccc2)cc1.Cl. The lowest BCUT2D eigenvalue weighted by molar-refractivity contribution is -0.158. The predicted molar refractivity (Wildman–Crippen MR) is 181 cm³/mol. The van der Waals surface area contributed by atoms with E-state index in [2.05, 4.69) is 40.4 Å². The van der Waals surface area contributed by atoms with Crippen LogP contribution in [0.5, 0.6) is 0 Å². The van der Waals surface area contributed by atoms with Crippen LogP contribution in [0.15, 0.2) is 54.6 Å². The van der Waals surface area contributed by atoms with E-state index in [9.17, 15) is 19.2 Å². The van der Waals surface area contributed by atoms with E-state index < -0.39 is 17.9 Å². The molecule has 2 aromatic rings. The molecule has 0 aliphatic carbocycles. The molecule has 0 fully saturated rings. The van der Waals surface area contributed by atoms with E-state index in [0.29, 0.717) is 52.2 Å². The second-order valence-corrected chi connectivity index (χ2v) is 10.8. The molecule has 0 saturated carbocycles. The highest BCUT2D eigenvalue weighted by Crippen LogP contribution is 2.11. The van der Waals surface area contributed by atoms with E-state index in [1.165, 1.54) is 11.1 Å². The van der Waals surface area contributed by atoms with Gasteiger partial charge >= 0.3 is 5.97 Å². The molecule has 0 saturated heterocycles. The van der Waals surface area contributed by atoms with Gasteiger partial charge in [-0.15, -0.1) is 12.4 Å². The standard InChI is InChI=1S/C34H50N4O8.ClH/c1-43-21-22-44-23-24-45-26-32(40)36-19-8-7-13-30(35)34(42)37-20-18-33(41)46-38-31(39)25-29-16-14-28(15-17-29)12-6-5-11-27-9-3-2-4-10-27;/h2-4,9-10,14-17,30H,5-8,11-13,18-26,35H2,1H3,(H,36,40)(H,37,42)(H,38,39);1H/t30-;/m0./s1. The number of amides is 3. The van der Waals surface area contributed by atoms with Crippen molar-refractivity contribution in [2.24, 2.45) is 5.73 Å². The minimum absolute atomic E-state index is 0. The number of carbonyl (C=O) groups excluding carboxylic acids is 4. The normalized spacial score (nSPS) is 11.2. The van der Waals surface area contributed by atoms with Crippen molar-refractivity contribution >= 4 is 36.1 Å². The number of unbranched alkanes of at least 4 members (excludes halogenated alkanes) is 2. The molecule has 0 heterocycles. The van der Waals surface area contributed by atoms with E-state index in [1.54, 1.807) is 7.11 Å². The van der Waals surface area contributed by atoms with Crippen molar-refractivity contribution in [3.8, 4) is 0 Å². The highest BCUT2D eigenvalue weighted by Gasteiger charge is 2.14. The number of benzene rings is 2. The van der Waals surface area contributed by atoms with E-state index in [0.717, 1.165) is 31.2 Å². The number of hydroxylamine groups is 1. The van der Waals surface area contributed by atoms with Crippen LogP contribution in [-0.2, 0) is 57.5 Å². The first-order valence-corrected chi connectivity index (χ1v) is 15.9. The molecular weight excluding hydrogens is 628 g/mol. The molecule has 2 aromatic carbocycles. The summed E-state index contributed by atoms with van der Waals surface area (Å²) in [5, 5.41) is 5.34. The number of rotatable bonds is 24. The number of nitrogens with one attached hydrogen (secondary N) is 3. The monoisotopic (exact) mass is 678 g/mol. The molecule has 0 spiro atoms. The van der Waals surface area contributed by atoms with Gasteiger partial charge in [0.2, 0.25) is 11.8 Å². The summed E-state index contributed by atoms with van der Waals surface area (Å²) in [6.45, 7) is 2.12. The molecule has 12 nitrogen and oxygen atoms in total. The maximum Gasteiger partial charge on any atom is 0.334 e. The van der Waals surface area contributed by atoms with Crippen molar-refractivity contribution in [2.45, 2.75) is 63.8 Å². The lowest BCUT2D eigenvalue weighted by Crippen LogP contribution is -2.41. The largest absolute Gasteiger partial charge is 0.382 e. The summed E-state index contributed by atoms with van der Waals surface area (Å²) in [7, 11) is 1.59. The maximum atomic E-state index is 12.2. The number of hydrogen-bond donors (Lipinski definition) is 4. The zero-order valence-electron chi connectivity index (χ0n) is 27.3. The molecular formula is C34H51ClN4O8. The topological polar surface area (TPSA) is 167 Å². The molecule has 0 unspecified atom stereocenters.